The van der Waals surface area contributed by atoms with E-state index in [9.17, 15) is 4.79 Å². The molecule has 5 heteroatoms. The number of rotatable bonds is 6. The lowest BCUT2D eigenvalue weighted by molar-refractivity contribution is 0.194. The van der Waals surface area contributed by atoms with Crippen LogP contribution >= 0.6 is 11.3 Å². The van der Waals surface area contributed by atoms with Gasteiger partial charge in [-0.05, 0) is 36.4 Å². The Balaban J connectivity index is 1.65. The Hall–Kier alpha value is -2.19. The SMILES string of the molecule is C#CCN(Cc1ccco1)C(=O)NCC1(c2cccs2)CCCC1. The fourth-order valence-corrected chi connectivity index (χ4v) is 4.39. The van der Waals surface area contributed by atoms with Crippen molar-refractivity contribution in [3.05, 3.63) is 46.5 Å². The van der Waals surface area contributed by atoms with Crippen LogP contribution in [-0.4, -0.2) is 24.0 Å². The zero-order chi connectivity index (χ0) is 16.8. The first-order valence-electron chi connectivity index (χ1n) is 8.26. The van der Waals surface area contributed by atoms with E-state index >= 15 is 0 Å². The number of furan rings is 1. The van der Waals surface area contributed by atoms with Gasteiger partial charge in [0.25, 0.3) is 0 Å². The predicted octanol–water partition coefficient (Wildman–Crippen LogP) is 4.00. The van der Waals surface area contributed by atoms with E-state index in [2.05, 4.69) is 28.8 Å². The molecule has 4 nitrogen and oxygen atoms in total. The molecule has 0 bridgehead atoms. The van der Waals surface area contributed by atoms with Gasteiger partial charge >= 0.3 is 6.03 Å². The largest absolute Gasteiger partial charge is 0.467 e. The third kappa shape index (κ3) is 3.65. The maximum atomic E-state index is 12.6. The number of thiophene rings is 1. The van der Waals surface area contributed by atoms with E-state index in [-0.39, 0.29) is 18.0 Å². The Morgan fingerprint density at radius 3 is 2.83 bits per heavy atom. The van der Waals surface area contributed by atoms with E-state index in [1.807, 2.05) is 12.1 Å². The number of urea groups is 1. The van der Waals surface area contributed by atoms with Gasteiger partial charge in [-0.25, -0.2) is 4.79 Å². The van der Waals surface area contributed by atoms with Crippen LogP contribution in [0.4, 0.5) is 4.79 Å². The number of hydrogen-bond acceptors (Lipinski definition) is 3. The Labute approximate surface area is 146 Å². The molecule has 1 N–H and O–H groups in total. The van der Waals surface area contributed by atoms with Crippen molar-refractivity contribution in [2.45, 2.75) is 37.6 Å². The molecule has 0 aromatic carbocycles. The Morgan fingerprint density at radius 2 is 2.21 bits per heavy atom. The zero-order valence-corrected chi connectivity index (χ0v) is 14.5. The number of amides is 2. The minimum atomic E-state index is -0.132. The van der Waals surface area contributed by atoms with E-state index in [0.717, 1.165) is 18.6 Å². The average Bonchev–Trinajstić information content (AvgIpc) is 3.33. The Bertz CT molecular complexity index is 680. The molecular formula is C19H22N2O2S. The van der Waals surface area contributed by atoms with Crippen LogP contribution in [0.2, 0.25) is 0 Å². The molecule has 0 atom stereocenters. The van der Waals surface area contributed by atoms with Crippen LogP contribution < -0.4 is 5.32 Å². The minimum Gasteiger partial charge on any atom is -0.467 e. The van der Waals surface area contributed by atoms with Gasteiger partial charge in [0, 0.05) is 16.8 Å². The van der Waals surface area contributed by atoms with E-state index < -0.39 is 0 Å². The number of carbonyl (C=O) groups is 1. The van der Waals surface area contributed by atoms with E-state index in [4.69, 9.17) is 10.8 Å². The van der Waals surface area contributed by atoms with E-state index in [1.165, 1.54) is 17.7 Å². The Kier molecular flexibility index (Phi) is 5.27. The number of nitrogens with one attached hydrogen (secondary N) is 1. The molecule has 2 heterocycles. The summed E-state index contributed by atoms with van der Waals surface area (Å²) in [6.45, 7) is 1.30. The lowest BCUT2D eigenvalue weighted by Gasteiger charge is -2.30. The van der Waals surface area contributed by atoms with E-state index in [1.54, 1.807) is 22.5 Å². The van der Waals surface area contributed by atoms with Crippen molar-refractivity contribution in [2.24, 2.45) is 0 Å². The summed E-state index contributed by atoms with van der Waals surface area (Å²) in [6, 6.07) is 7.80. The summed E-state index contributed by atoms with van der Waals surface area (Å²) in [7, 11) is 0. The highest BCUT2D eigenvalue weighted by Crippen LogP contribution is 2.42. The number of hydrogen-bond donors (Lipinski definition) is 1. The van der Waals surface area contributed by atoms with Crippen LogP contribution in [0.5, 0.6) is 0 Å². The summed E-state index contributed by atoms with van der Waals surface area (Å²) >= 11 is 1.78. The molecule has 0 saturated heterocycles. The molecule has 2 aromatic rings. The number of nitrogens with zero attached hydrogens (tertiary/aromatic N) is 1. The molecule has 0 radical (unpaired) electrons. The lowest BCUT2D eigenvalue weighted by atomic mass is 9.84. The number of carbonyl (C=O) groups excluding carboxylic acids is 1. The standard InChI is InChI=1S/C19H22N2O2S/c1-2-11-21(14-16-7-5-12-23-16)18(22)20-15-19(9-3-4-10-19)17-8-6-13-24-17/h1,5-8,12-13H,3-4,9-11,14-15H2,(H,20,22). The molecule has 0 unspecified atom stereocenters. The molecule has 2 aromatic heterocycles. The molecule has 1 aliphatic rings. The van der Waals surface area contributed by atoms with Crippen LogP contribution in [0.25, 0.3) is 0 Å². The van der Waals surface area contributed by atoms with Crippen LogP contribution in [0.15, 0.2) is 40.3 Å². The van der Waals surface area contributed by atoms with Crippen LogP contribution in [-0.2, 0) is 12.0 Å². The summed E-state index contributed by atoms with van der Waals surface area (Å²) < 4.78 is 5.33. The summed E-state index contributed by atoms with van der Waals surface area (Å²) in [6.07, 6.45) is 11.7. The second kappa shape index (κ2) is 7.59. The predicted molar refractivity (Wildman–Crippen MR) is 95.8 cm³/mol. The average molecular weight is 342 g/mol. The molecule has 1 aliphatic carbocycles. The molecular weight excluding hydrogens is 320 g/mol. The molecule has 1 saturated carbocycles. The van der Waals surface area contributed by atoms with Crippen molar-refractivity contribution < 1.29 is 9.21 Å². The highest BCUT2D eigenvalue weighted by Gasteiger charge is 2.37. The fraction of sp³-hybridized carbons (Fsp3) is 0.421. The van der Waals surface area contributed by atoms with Crippen LogP contribution in [0.3, 0.4) is 0 Å². The van der Waals surface area contributed by atoms with Crippen molar-refractivity contribution in [3.8, 4) is 12.3 Å². The van der Waals surface area contributed by atoms with Gasteiger partial charge in [0.05, 0.1) is 19.4 Å². The van der Waals surface area contributed by atoms with Crippen molar-refractivity contribution in [2.75, 3.05) is 13.1 Å². The molecule has 0 spiro atoms. The van der Waals surface area contributed by atoms with Crippen molar-refractivity contribution >= 4 is 17.4 Å². The van der Waals surface area contributed by atoms with Crippen LogP contribution in [0.1, 0.15) is 36.3 Å². The maximum absolute atomic E-state index is 12.6. The van der Waals surface area contributed by atoms with Gasteiger partial charge in [-0.1, -0.05) is 24.8 Å². The quantitative estimate of drug-likeness (QED) is 0.807. The van der Waals surface area contributed by atoms with Crippen molar-refractivity contribution in [1.82, 2.24) is 10.2 Å². The number of terminal acetylenes is 1. The fourth-order valence-electron chi connectivity index (χ4n) is 3.40. The third-order valence-electron chi connectivity index (χ3n) is 4.68. The van der Waals surface area contributed by atoms with Gasteiger partial charge in [0.1, 0.15) is 5.76 Å². The van der Waals surface area contributed by atoms with Gasteiger partial charge in [-0.3, -0.25) is 0 Å². The van der Waals surface area contributed by atoms with Crippen molar-refractivity contribution in [1.29, 1.82) is 0 Å². The molecule has 126 valence electrons. The molecule has 0 aliphatic heterocycles. The third-order valence-corrected chi connectivity index (χ3v) is 5.79. The summed E-state index contributed by atoms with van der Waals surface area (Å²) in [4.78, 5) is 15.6. The minimum absolute atomic E-state index is 0.0797. The topological polar surface area (TPSA) is 45.5 Å². The second-order valence-corrected chi connectivity index (χ2v) is 7.21. The van der Waals surface area contributed by atoms with Gasteiger partial charge in [-0.15, -0.1) is 17.8 Å². The van der Waals surface area contributed by atoms with Crippen LogP contribution in [0, 0.1) is 12.3 Å². The van der Waals surface area contributed by atoms with Gasteiger partial charge in [0.2, 0.25) is 0 Å². The Morgan fingerprint density at radius 1 is 1.38 bits per heavy atom. The molecule has 3 rings (SSSR count). The zero-order valence-electron chi connectivity index (χ0n) is 13.7. The first kappa shape index (κ1) is 16.7. The molecule has 2 amide bonds. The summed E-state index contributed by atoms with van der Waals surface area (Å²) in [5.74, 6) is 3.28. The highest BCUT2D eigenvalue weighted by molar-refractivity contribution is 7.10. The highest BCUT2D eigenvalue weighted by atomic mass is 32.1. The lowest BCUT2D eigenvalue weighted by Crippen LogP contribution is -2.45. The normalized spacial score (nSPS) is 15.8. The molecule has 24 heavy (non-hydrogen) atoms. The monoisotopic (exact) mass is 342 g/mol. The summed E-state index contributed by atoms with van der Waals surface area (Å²) in [5, 5.41) is 5.22. The van der Waals surface area contributed by atoms with E-state index in [0.29, 0.717) is 13.1 Å². The summed E-state index contributed by atoms with van der Waals surface area (Å²) in [5.41, 5.74) is 0.0797. The first-order chi connectivity index (χ1) is 11.7. The first-order valence-corrected chi connectivity index (χ1v) is 9.14. The van der Waals surface area contributed by atoms with Gasteiger partial charge < -0.3 is 14.6 Å². The molecule has 1 fully saturated rings. The second-order valence-electron chi connectivity index (χ2n) is 6.26. The van der Waals surface area contributed by atoms with Crippen molar-refractivity contribution in [3.63, 3.8) is 0 Å². The van der Waals surface area contributed by atoms with Gasteiger partial charge in [0.15, 0.2) is 0 Å². The smallest absolute Gasteiger partial charge is 0.318 e. The van der Waals surface area contributed by atoms with Gasteiger partial charge in [-0.2, -0.15) is 0 Å². The maximum Gasteiger partial charge on any atom is 0.318 e.